The maximum atomic E-state index is 5.89. The number of nitrogens with zero attached hydrogens (tertiary/aromatic N) is 1. The van der Waals surface area contributed by atoms with E-state index in [1.54, 1.807) is 0 Å². The molecule has 0 N–H and O–H groups in total. The molecule has 3 aromatic carbocycles. The van der Waals surface area contributed by atoms with E-state index in [4.69, 9.17) is 9.47 Å². The molecule has 0 fully saturated rings. The Labute approximate surface area is 181 Å². The van der Waals surface area contributed by atoms with Crippen LogP contribution in [0.2, 0.25) is 0 Å². The number of halogens is 1. The van der Waals surface area contributed by atoms with Gasteiger partial charge in [-0.3, -0.25) is 0 Å². The highest BCUT2D eigenvalue weighted by Gasteiger charge is 2.07. The second-order valence-corrected chi connectivity index (χ2v) is 7.79. The maximum Gasteiger partial charge on any atom is 0.0717 e. The highest BCUT2D eigenvalue weighted by atomic mass is 127. The lowest BCUT2D eigenvalue weighted by Crippen LogP contribution is -2.31. The molecule has 0 aliphatic rings. The number of hydrogen-bond acceptors (Lipinski definition) is 3. The second kappa shape index (κ2) is 11.8. The summed E-state index contributed by atoms with van der Waals surface area (Å²) in [5.74, 6) is 0. The molecule has 3 aromatic rings. The lowest BCUT2D eigenvalue weighted by molar-refractivity contribution is 0.115. The molecule has 0 heterocycles. The van der Waals surface area contributed by atoms with E-state index in [0.717, 1.165) is 13.1 Å². The molecule has 0 saturated carbocycles. The van der Waals surface area contributed by atoms with Crippen LogP contribution in [0.1, 0.15) is 11.1 Å². The average molecular weight is 487 g/mol. The molecule has 0 unspecified atom stereocenters. The largest absolute Gasteiger partial charge is 0.375 e. The first-order valence-corrected chi connectivity index (χ1v) is 10.6. The van der Waals surface area contributed by atoms with E-state index in [1.807, 2.05) is 36.4 Å². The molecule has 0 bridgehead atoms. The van der Waals surface area contributed by atoms with Gasteiger partial charge in [0.2, 0.25) is 0 Å². The molecule has 0 amide bonds. The van der Waals surface area contributed by atoms with Gasteiger partial charge in [0.05, 0.1) is 26.4 Å². The van der Waals surface area contributed by atoms with Crippen molar-refractivity contribution in [1.29, 1.82) is 0 Å². The van der Waals surface area contributed by atoms with Crippen molar-refractivity contribution in [3.63, 3.8) is 0 Å². The van der Waals surface area contributed by atoms with Gasteiger partial charge in [0.15, 0.2) is 0 Å². The fourth-order valence-electron chi connectivity index (χ4n) is 2.90. The first kappa shape index (κ1) is 20.8. The van der Waals surface area contributed by atoms with Crippen molar-refractivity contribution >= 4 is 28.3 Å². The van der Waals surface area contributed by atoms with E-state index in [0.29, 0.717) is 26.4 Å². The van der Waals surface area contributed by atoms with Crippen LogP contribution in [0.25, 0.3) is 0 Å². The topological polar surface area (TPSA) is 21.7 Å². The van der Waals surface area contributed by atoms with Gasteiger partial charge in [0.25, 0.3) is 0 Å². The summed E-state index contributed by atoms with van der Waals surface area (Å²) in [6, 6.07) is 29.2. The van der Waals surface area contributed by atoms with E-state index >= 15 is 0 Å². The Morgan fingerprint density at radius 2 is 1.07 bits per heavy atom. The van der Waals surface area contributed by atoms with Crippen molar-refractivity contribution in [2.24, 2.45) is 0 Å². The van der Waals surface area contributed by atoms with Crippen molar-refractivity contribution < 1.29 is 9.47 Å². The molecule has 0 aliphatic carbocycles. The molecule has 146 valence electrons. The van der Waals surface area contributed by atoms with E-state index in [2.05, 4.69) is 76.0 Å². The maximum absolute atomic E-state index is 5.89. The minimum atomic E-state index is 0.645. The molecule has 0 saturated heterocycles. The summed E-state index contributed by atoms with van der Waals surface area (Å²) >= 11 is 2.33. The predicted octanol–water partition coefficient (Wildman–Crippen LogP) is 5.53. The van der Waals surface area contributed by atoms with Gasteiger partial charge in [-0.25, -0.2) is 0 Å². The van der Waals surface area contributed by atoms with Gasteiger partial charge in [-0.05, 0) is 58.0 Å². The quantitative estimate of drug-likeness (QED) is 0.262. The normalized spacial score (nSPS) is 10.8. The molecule has 0 aromatic heterocycles. The minimum Gasteiger partial charge on any atom is -0.375 e. The number of benzene rings is 3. The van der Waals surface area contributed by atoms with Crippen molar-refractivity contribution in [1.82, 2.24) is 0 Å². The first-order valence-electron chi connectivity index (χ1n) is 9.55. The standard InChI is InChI=1S/C24H26INO2/c25-23-11-13-24(14-12-23)26(15-17-27-19-21-7-3-1-4-8-21)16-18-28-20-22-9-5-2-6-10-22/h1-14H,15-20H2. The number of anilines is 1. The van der Waals surface area contributed by atoms with Gasteiger partial charge in [0, 0.05) is 22.3 Å². The van der Waals surface area contributed by atoms with E-state index in [9.17, 15) is 0 Å². The summed E-state index contributed by atoms with van der Waals surface area (Å²) in [6.07, 6.45) is 0. The predicted molar refractivity (Wildman–Crippen MR) is 124 cm³/mol. The summed E-state index contributed by atoms with van der Waals surface area (Å²) < 4.78 is 13.0. The minimum absolute atomic E-state index is 0.645. The van der Waals surface area contributed by atoms with Gasteiger partial charge >= 0.3 is 0 Å². The van der Waals surface area contributed by atoms with Crippen LogP contribution in [0.15, 0.2) is 84.9 Å². The third-order valence-corrected chi connectivity index (χ3v) is 5.15. The van der Waals surface area contributed by atoms with Crippen LogP contribution in [0.3, 0.4) is 0 Å². The molecule has 0 radical (unpaired) electrons. The summed E-state index contributed by atoms with van der Waals surface area (Å²) in [4.78, 5) is 2.33. The van der Waals surface area contributed by atoms with Gasteiger partial charge in [0.1, 0.15) is 0 Å². The smallest absolute Gasteiger partial charge is 0.0717 e. The zero-order valence-electron chi connectivity index (χ0n) is 16.0. The second-order valence-electron chi connectivity index (χ2n) is 6.54. The lowest BCUT2D eigenvalue weighted by Gasteiger charge is -2.25. The molecule has 3 nitrogen and oxygen atoms in total. The number of ether oxygens (including phenoxy) is 2. The molecular formula is C24H26INO2. The van der Waals surface area contributed by atoms with E-state index < -0.39 is 0 Å². The van der Waals surface area contributed by atoms with Crippen LogP contribution in [-0.2, 0) is 22.7 Å². The van der Waals surface area contributed by atoms with Crippen LogP contribution in [0.4, 0.5) is 5.69 Å². The van der Waals surface area contributed by atoms with Crippen molar-refractivity contribution in [2.45, 2.75) is 13.2 Å². The van der Waals surface area contributed by atoms with Crippen molar-refractivity contribution in [3.05, 3.63) is 99.6 Å². The van der Waals surface area contributed by atoms with Gasteiger partial charge in [-0.1, -0.05) is 60.7 Å². The number of rotatable bonds is 11. The van der Waals surface area contributed by atoms with Gasteiger partial charge < -0.3 is 14.4 Å². The third kappa shape index (κ3) is 7.26. The van der Waals surface area contributed by atoms with Crippen LogP contribution in [0, 0.1) is 3.57 Å². The fraction of sp³-hybridized carbons (Fsp3) is 0.250. The highest BCUT2D eigenvalue weighted by Crippen LogP contribution is 2.16. The van der Waals surface area contributed by atoms with E-state index in [-0.39, 0.29) is 0 Å². The Kier molecular flexibility index (Phi) is 8.81. The molecule has 0 aliphatic heterocycles. The Morgan fingerprint density at radius 3 is 1.54 bits per heavy atom. The zero-order valence-corrected chi connectivity index (χ0v) is 18.1. The molecule has 4 heteroatoms. The first-order chi connectivity index (χ1) is 13.8. The summed E-state index contributed by atoms with van der Waals surface area (Å²) in [5.41, 5.74) is 3.61. The van der Waals surface area contributed by atoms with Crippen LogP contribution >= 0.6 is 22.6 Å². The van der Waals surface area contributed by atoms with Gasteiger partial charge in [-0.2, -0.15) is 0 Å². The molecular weight excluding hydrogens is 461 g/mol. The van der Waals surface area contributed by atoms with Crippen molar-refractivity contribution in [2.75, 3.05) is 31.2 Å². The molecule has 0 atom stereocenters. The average Bonchev–Trinajstić information content (AvgIpc) is 2.75. The van der Waals surface area contributed by atoms with Gasteiger partial charge in [-0.15, -0.1) is 0 Å². The van der Waals surface area contributed by atoms with Crippen LogP contribution in [0.5, 0.6) is 0 Å². The summed E-state index contributed by atoms with van der Waals surface area (Å²) in [7, 11) is 0. The summed E-state index contributed by atoms with van der Waals surface area (Å²) in [6.45, 7) is 4.32. The molecule has 28 heavy (non-hydrogen) atoms. The molecule has 0 spiro atoms. The highest BCUT2D eigenvalue weighted by molar-refractivity contribution is 14.1. The Bertz CT molecular complexity index is 746. The Balaban J connectivity index is 1.47. The SMILES string of the molecule is Ic1ccc(N(CCOCc2ccccc2)CCOCc2ccccc2)cc1. The zero-order chi connectivity index (χ0) is 19.4. The number of hydrogen-bond donors (Lipinski definition) is 0. The monoisotopic (exact) mass is 487 g/mol. The lowest BCUT2D eigenvalue weighted by atomic mass is 10.2. The summed E-state index contributed by atoms with van der Waals surface area (Å²) in [5, 5.41) is 0. The van der Waals surface area contributed by atoms with Crippen molar-refractivity contribution in [3.8, 4) is 0 Å². The van der Waals surface area contributed by atoms with Crippen LogP contribution in [-0.4, -0.2) is 26.3 Å². The molecule has 3 rings (SSSR count). The van der Waals surface area contributed by atoms with Crippen LogP contribution < -0.4 is 4.90 Å². The third-order valence-electron chi connectivity index (χ3n) is 4.43. The Morgan fingerprint density at radius 1 is 0.607 bits per heavy atom. The Hall–Kier alpha value is -1.89. The van der Waals surface area contributed by atoms with E-state index in [1.165, 1.54) is 20.4 Å². The fourth-order valence-corrected chi connectivity index (χ4v) is 3.26.